The van der Waals surface area contributed by atoms with Crippen LogP contribution in [-0.4, -0.2) is 40.3 Å². The van der Waals surface area contributed by atoms with Crippen molar-refractivity contribution in [3.05, 3.63) is 35.9 Å². The molecule has 5 nitrogen and oxygen atoms in total. The number of ketones is 1. The molecule has 1 aliphatic rings. The molecule has 5 heteroatoms. The van der Waals surface area contributed by atoms with Gasteiger partial charge >= 0.3 is 5.97 Å². The van der Waals surface area contributed by atoms with Crippen molar-refractivity contribution < 1.29 is 24.5 Å². The zero-order chi connectivity index (χ0) is 24.9. The maximum absolute atomic E-state index is 13.1. The molecule has 0 bridgehead atoms. The Balaban J connectivity index is 2.44. The zero-order valence-electron chi connectivity index (χ0n) is 21.0. The van der Waals surface area contributed by atoms with Crippen molar-refractivity contribution in [1.82, 2.24) is 0 Å². The number of ether oxygens (including phenoxy) is 1. The molecular formula is C28H40O5. The standard InChI is InChI=1S/C28H40O5/c1-16-15-17(2)25(29)21(6)27(31)20(5)24(14-13-23-11-9-8-10-12-23)33-28(32)22(7)26(30)19(4)18(16)3/h8-12,16-22,24,26-27,30-31H,15H2,1-7H3. The molecular weight excluding hydrogens is 416 g/mol. The molecule has 33 heavy (non-hydrogen) atoms. The summed E-state index contributed by atoms with van der Waals surface area (Å²) in [5.74, 6) is 3.42. The fourth-order valence-electron chi connectivity index (χ4n) is 4.74. The van der Waals surface area contributed by atoms with E-state index in [0.717, 1.165) is 5.56 Å². The maximum atomic E-state index is 13.1. The predicted octanol–water partition coefficient (Wildman–Crippen LogP) is 4.10. The van der Waals surface area contributed by atoms with Crippen LogP contribution in [0.2, 0.25) is 0 Å². The minimum absolute atomic E-state index is 0.00637. The van der Waals surface area contributed by atoms with E-state index in [-0.39, 0.29) is 29.5 Å². The molecule has 0 aromatic heterocycles. The van der Waals surface area contributed by atoms with Gasteiger partial charge in [-0.15, -0.1) is 0 Å². The summed E-state index contributed by atoms with van der Waals surface area (Å²) in [6, 6.07) is 9.32. The van der Waals surface area contributed by atoms with E-state index in [9.17, 15) is 19.8 Å². The number of carbonyl (C=O) groups excluding carboxylic acids is 2. The first-order chi connectivity index (χ1) is 15.5. The number of Topliss-reactive ketones (excluding diaryl/α,β-unsaturated/α-hetero) is 1. The summed E-state index contributed by atoms with van der Waals surface area (Å²) in [4.78, 5) is 26.1. The van der Waals surface area contributed by atoms with Crippen molar-refractivity contribution in [2.75, 3.05) is 0 Å². The van der Waals surface area contributed by atoms with Crippen LogP contribution >= 0.6 is 0 Å². The van der Waals surface area contributed by atoms with Gasteiger partial charge in [0.2, 0.25) is 0 Å². The summed E-state index contributed by atoms with van der Waals surface area (Å²) in [7, 11) is 0. The molecule has 0 spiro atoms. The Hall–Kier alpha value is -2.16. The van der Waals surface area contributed by atoms with Crippen LogP contribution in [0.15, 0.2) is 30.3 Å². The van der Waals surface area contributed by atoms with Gasteiger partial charge in [-0.2, -0.15) is 0 Å². The van der Waals surface area contributed by atoms with Crippen LogP contribution in [0.25, 0.3) is 0 Å². The van der Waals surface area contributed by atoms with E-state index in [0.29, 0.717) is 6.42 Å². The van der Waals surface area contributed by atoms with Gasteiger partial charge in [-0.3, -0.25) is 9.59 Å². The molecule has 0 saturated carbocycles. The van der Waals surface area contributed by atoms with E-state index >= 15 is 0 Å². The van der Waals surface area contributed by atoms with Crippen molar-refractivity contribution in [3.63, 3.8) is 0 Å². The van der Waals surface area contributed by atoms with Crippen molar-refractivity contribution in [2.45, 2.75) is 73.2 Å². The van der Waals surface area contributed by atoms with Crippen molar-refractivity contribution in [1.29, 1.82) is 0 Å². The van der Waals surface area contributed by atoms with Gasteiger partial charge in [0.05, 0.1) is 18.1 Å². The van der Waals surface area contributed by atoms with E-state index in [1.165, 1.54) is 0 Å². The minimum Gasteiger partial charge on any atom is -0.448 e. The molecule has 0 radical (unpaired) electrons. The Morgan fingerprint density at radius 2 is 1.39 bits per heavy atom. The third kappa shape index (κ3) is 6.68. The first-order valence-corrected chi connectivity index (χ1v) is 12.1. The molecule has 2 rings (SSSR count). The molecule has 1 aliphatic heterocycles. The molecule has 1 saturated heterocycles. The van der Waals surface area contributed by atoms with E-state index in [2.05, 4.69) is 18.8 Å². The largest absolute Gasteiger partial charge is 0.448 e. The summed E-state index contributed by atoms with van der Waals surface area (Å²) < 4.78 is 5.76. The number of benzene rings is 1. The van der Waals surface area contributed by atoms with E-state index < -0.39 is 42.0 Å². The third-order valence-corrected chi connectivity index (χ3v) is 7.71. The number of carbonyl (C=O) groups is 2. The monoisotopic (exact) mass is 456 g/mol. The number of aliphatic hydroxyl groups is 2. The minimum atomic E-state index is -1.02. The number of hydrogen-bond acceptors (Lipinski definition) is 5. The molecule has 0 aliphatic carbocycles. The van der Waals surface area contributed by atoms with Gasteiger partial charge < -0.3 is 14.9 Å². The fraction of sp³-hybridized carbons (Fsp3) is 0.643. The summed E-state index contributed by atoms with van der Waals surface area (Å²) in [6.45, 7) is 13.1. The molecule has 1 aromatic carbocycles. The number of rotatable bonds is 0. The number of esters is 1. The summed E-state index contributed by atoms with van der Waals surface area (Å²) in [5.41, 5.74) is 0.761. The molecule has 10 unspecified atom stereocenters. The SMILES string of the molecule is CC1CC(C)C(C)C(C)C(O)C(C)C(=O)OC(C#Cc2ccccc2)C(C)C(O)C(C)C1=O. The highest BCUT2D eigenvalue weighted by atomic mass is 16.5. The predicted molar refractivity (Wildman–Crippen MR) is 129 cm³/mol. The van der Waals surface area contributed by atoms with Gasteiger partial charge in [-0.25, -0.2) is 0 Å². The lowest BCUT2D eigenvalue weighted by atomic mass is 9.73. The highest BCUT2D eigenvalue weighted by molar-refractivity contribution is 5.83. The van der Waals surface area contributed by atoms with Crippen LogP contribution in [0.3, 0.4) is 0 Å². The van der Waals surface area contributed by atoms with Gasteiger partial charge in [0.25, 0.3) is 0 Å². The Labute approximate surface area is 198 Å². The maximum Gasteiger partial charge on any atom is 0.312 e. The van der Waals surface area contributed by atoms with Crippen LogP contribution in [-0.2, 0) is 14.3 Å². The van der Waals surface area contributed by atoms with Crippen molar-refractivity contribution in [2.24, 2.45) is 41.4 Å². The van der Waals surface area contributed by atoms with Gasteiger partial charge in [-0.1, -0.05) is 71.6 Å². The molecule has 1 heterocycles. The van der Waals surface area contributed by atoms with Crippen molar-refractivity contribution >= 4 is 11.8 Å². The zero-order valence-corrected chi connectivity index (χ0v) is 21.0. The fourth-order valence-corrected chi connectivity index (χ4v) is 4.74. The van der Waals surface area contributed by atoms with Gasteiger partial charge in [0, 0.05) is 23.3 Å². The number of cyclic esters (lactones) is 1. The Bertz CT molecular complexity index is 854. The lowest BCUT2D eigenvalue weighted by Gasteiger charge is -2.35. The van der Waals surface area contributed by atoms with Crippen molar-refractivity contribution in [3.8, 4) is 11.8 Å². The van der Waals surface area contributed by atoms with E-state index in [4.69, 9.17) is 4.74 Å². The number of hydrogen-bond donors (Lipinski definition) is 2. The Kier molecular flexibility index (Phi) is 9.70. The van der Waals surface area contributed by atoms with Crippen LogP contribution < -0.4 is 0 Å². The second kappa shape index (κ2) is 11.8. The summed E-state index contributed by atoms with van der Waals surface area (Å²) in [6.07, 6.45) is -2.15. The third-order valence-electron chi connectivity index (χ3n) is 7.71. The lowest BCUT2D eigenvalue weighted by molar-refractivity contribution is -0.161. The Morgan fingerprint density at radius 3 is 2.00 bits per heavy atom. The van der Waals surface area contributed by atoms with Gasteiger partial charge in [0.1, 0.15) is 5.78 Å². The topological polar surface area (TPSA) is 83.8 Å². The molecule has 10 atom stereocenters. The highest BCUT2D eigenvalue weighted by Crippen LogP contribution is 2.33. The van der Waals surface area contributed by atoms with Crippen LogP contribution in [0.4, 0.5) is 0 Å². The lowest BCUT2D eigenvalue weighted by Crippen LogP contribution is -2.43. The normalized spacial score (nSPS) is 39.1. The average Bonchev–Trinajstić information content (AvgIpc) is 2.82. The Morgan fingerprint density at radius 1 is 0.818 bits per heavy atom. The van der Waals surface area contributed by atoms with E-state index in [1.807, 2.05) is 51.1 Å². The second-order valence-electron chi connectivity index (χ2n) is 10.1. The van der Waals surface area contributed by atoms with Crippen LogP contribution in [0, 0.1) is 53.3 Å². The van der Waals surface area contributed by atoms with Gasteiger partial charge in [0.15, 0.2) is 6.10 Å². The number of aliphatic hydroxyl groups excluding tert-OH is 2. The van der Waals surface area contributed by atoms with Crippen LogP contribution in [0.5, 0.6) is 0 Å². The summed E-state index contributed by atoms with van der Waals surface area (Å²) in [5, 5.41) is 22.0. The smallest absolute Gasteiger partial charge is 0.312 e. The molecule has 182 valence electrons. The van der Waals surface area contributed by atoms with Gasteiger partial charge in [-0.05, 0) is 43.2 Å². The summed E-state index contributed by atoms with van der Waals surface area (Å²) >= 11 is 0. The highest BCUT2D eigenvalue weighted by Gasteiger charge is 2.39. The van der Waals surface area contributed by atoms with Crippen LogP contribution in [0.1, 0.15) is 60.5 Å². The molecule has 2 N–H and O–H groups in total. The molecule has 0 amide bonds. The quantitative estimate of drug-likeness (QED) is 0.454. The first-order valence-electron chi connectivity index (χ1n) is 12.1. The van der Waals surface area contributed by atoms with E-state index in [1.54, 1.807) is 20.8 Å². The average molecular weight is 457 g/mol. The molecule has 1 aromatic rings. The first kappa shape index (κ1) is 27.1. The second-order valence-corrected chi connectivity index (χ2v) is 10.1. The molecule has 1 fully saturated rings.